The lowest BCUT2D eigenvalue weighted by Crippen LogP contribution is -2.09. The fourth-order valence-corrected chi connectivity index (χ4v) is 1.80. The number of nitrogen functional groups attached to an aromatic ring is 1. The zero-order valence-corrected chi connectivity index (χ0v) is 11.3. The van der Waals surface area contributed by atoms with Crippen LogP contribution in [0.3, 0.4) is 0 Å². The van der Waals surface area contributed by atoms with Crippen LogP contribution >= 0.6 is 0 Å². The van der Waals surface area contributed by atoms with E-state index in [0.29, 0.717) is 16.9 Å². The van der Waals surface area contributed by atoms with Gasteiger partial charge in [-0.1, -0.05) is 6.07 Å². The van der Waals surface area contributed by atoms with Crippen molar-refractivity contribution in [1.82, 2.24) is 4.98 Å². The first-order valence-electron chi connectivity index (χ1n) is 6.11. The maximum absolute atomic E-state index is 13.0. The third kappa shape index (κ3) is 3.12. The number of ether oxygens (including phenoxy) is 1. The number of carbonyl (C=O) groups is 1. The molecule has 104 valence electrons. The first-order valence-corrected chi connectivity index (χ1v) is 6.11. The van der Waals surface area contributed by atoms with Gasteiger partial charge in [0, 0.05) is 0 Å². The van der Waals surface area contributed by atoms with E-state index in [1.54, 1.807) is 19.9 Å². The van der Waals surface area contributed by atoms with Gasteiger partial charge in [-0.05, 0) is 43.2 Å². The summed E-state index contributed by atoms with van der Waals surface area (Å²) in [6, 6.07) is 5.87. The molecule has 1 aromatic carbocycles. The van der Waals surface area contributed by atoms with Gasteiger partial charge in [-0.25, -0.2) is 9.18 Å². The largest absolute Gasteiger partial charge is 0.457 e. The SMILES string of the molecule is Cc1cc(F)ccc1COC(=O)c1cc(N)cnc1C. The summed E-state index contributed by atoms with van der Waals surface area (Å²) in [5, 5.41) is 0. The number of rotatable bonds is 3. The minimum atomic E-state index is -0.494. The lowest BCUT2D eigenvalue weighted by molar-refractivity contribution is 0.0470. The number of aromatic nitrogens is 1. The lowest BCUT2D eigenvalue weighted by Gasteiger charge is -2.09. The molecule has 0 aliphatic heterocycles. The summed E-state index contributed by atoms with van der Waals surface area (Å²) in [4.78, 5) is 16.0. The van der Waals surface area contributed by atoms with Crippen LogP contribution in [0.2, 0.25) is 0 Å². The van der Waals surface area contributed by atoms with Crippen molar-refractivity contribution < 1.29 is 13.9 Å². The fraction of sp³-hybridized carbons (Fsp3) is 0.200. The highest BCUT2D eigenvalue weighted by Crippen LogP contribution is 2.15. The van der Waals surface area contributed by atoms with Gasteiger partial charge in [0.2, 0.25) is 0 Å². The van der Waals surface area contributed by atoms with E-state index in [1.807, 2.05) is 0 Å². The van der Waals surface area contributed by atoms with E-state index < -0.39 is 5.97 Å². The summed E-state index contributed by atoms with van der Waals surface area (Å²) >= 11 is 0. The molecule has 0 amide bonds. The Kier molecular flexibility index (Phi) is 3.98. The number of pyridine rings is 1. The molecule has 2 rings (SSSR count). The molecule has 2 N–H and O–H groups in total. The van der Waals surface area contributed by atoms with Gasteiger partial charge in [0.25, 0.3) is 0 Å². The number of nitrogens with zero attached hydrogens (tertiary/aromatic N) is 1. The van der Waals surface area contributed by atoms with Crippen molar-refractivity contribution in [2.75, 3.05) is 5.73 Å². The molecule has 0 aliphatic rings. The number of nitrogens with two attached hydrogens (primary N) is 1. The van der Waals surface area contributed by atoms with Crippen molar-refractivity contribution in [1.29, 1.82) is 0 Å². The average Bonchev–Trinajstić information content (AvgIpc) is 2.40. The van der Waals surface area contributed by atoms with Crippen LogP contribution < -0.4 is 5.73 Å². The Hall–Kier alpha value is -2.43. The Balaban J connectivity index is 2.10. The molecule has 0 bridgehead atoms. The molecule has 0 spiro atoms. The Morgan fingerprint density at radius 2 is 2.10 bits per heavy atom. The van der Waals surface area contributed by atoms with Gasteiger partial charge in [0.15, 0.2) is 0 Å². The molecule has 20 heavy (non-hydrogen) atoms. The molecule has 2 aromatic rings. The summed E-state index contributed by atoms with van der Waals surface area (Å²) in [6.45, 7) is 3.55. The predicted octanol–water partition coefficient (Wildman–Crippen LogP) is 2.78. The zero-order chi connectivity index (χ0) is 14.7. The third-order valence-corrected chi connectivity index (χ3v) is 2.99. The van der Waals surface area contributed by atoms with Crippen LogP contribution in [0.25, 0.3) is 0 Å². The van der Waals surface area contributed by atoms with E-state index >= 15 is 0 Å². The number of anilines is 1. The van der Waals surface area contributed by atoms with Crippen LogP contribution in [0.1, 0.15) is 27.2 Å². The van der Waals surface area contributed by atoms with Gasteiger partial charge in [-0.2, -0.15) is 0 Å². The standard InChI is InChI=1S/C15H15FN2O2/c1-9-5-12(16)4-3-11(9)8-20-15(19)14-6-13(17)7-18-10(14)2/h3-7H,8,17H2,1-2H3. The topological polar surface area (TPSA) is 65.2 Å². The number of hydrogen-bond acceptors (Lipinski definition) is 4. The number of esters is 1. The quantitative estimate of drug-likeness (QED) is 0.874. The number of halogens is 1. The van der Waals surface area contributed by atoms with Gasteiger partial charge >= 0.3 is 5.97 Å². The summed E-state index contributed by atoms with van der Waals surface area (Å²) in [5.74, 6) is -0.806. The van der Waals surface area contributed by atoms with Crippen LogP contribution in [0.15, 0.2) is 30.5 Å². The summed E-state index contributed by atoms with van der Waals surface area (Å²) in [5.41, 5.74) is 8.39. The van der Waals surface area contributed by atoms with E-state index in [1.165, 1.54) is 24.4 Å². The second kappa shape index (κ2) is 5.69. The molecular weight excluding hydrogens is 259 g/mol. The van der Waals surface area contributed by atoms with E-state index in [9.17, 15) is 9.18 Å². The number of aryl methyl sites for hydroxylation is 2. The normalized spacial score (nSPS) is 10.3. The molecule has 0 saturated carbocycles. The monoisotopic (exact) mass is 274 g/mol. The van der Waals surface area contributed by atoms with Crippen LogP contribution in [0.4, 0.5) is 10.1 Å². The Labute approximate surface area is 116 Å². The van der Waals surface area contributed by atoms with Crippen molar-refractivity contribution in [2.24, 2.45) is 0 Å². The van der Waals surface area contributed by atoms with Gasteiger partial charge in [0.1, 0.15) is 12.4 Å². The van der Waals surface area contributed by atoms with Crippen molar-refractivity contribution in [3.8, 4) is 0 Å². The molecular formula is C15H15FN2O2. The molecule has 0 aliphatic carbocycles. The van der Waals surface area contributed by atoms with E-state index in [-0.39, 0.29) is 12.4 Å². The molecule has 5 heteroatoms. The zero-order valence-electron chi connectivity index (χ0n) is 11.3. The second-order valence-corrected chi connectivity index (χ2v) is 4.55. The summed E-state index contributed by atoms with van der Waals surface area (Å²) in [6.07, 6.45) is 1.48. The molecule has 1 heterocycles. The van der Waals surface area contributed by atoms with Crippen LogP contribution in [-0.4, -0.2) is 11.0 Å². The first-order chi connectivity index (χ1) is 9.47. The number of carbonyl (C=O) groups excluding carboxylic acids is 1. The number of benzene rings is 1. The van der Waals surface area contributed by atoms with Gasteiger partial charge in [-0.15, -0.1) is 0 Å². The van der Waals surface area contributed by atoms with Crippen molar-refractivity contribution >= 4 is 11.7 Å². The molecule has 0 fully saturated rings. The van der Waals surface area contributed by atoms with Crippen molar-refractivity contribution in [2.45, 2.75) is 20.5 Å². The first kappa shape index (κ1) is 14.0. The average molecular weight is 274 g/mol. The van der Waals surface area contributed by atoms with Crippen molar-refractivity contribution in [3.05, 3.63) is 58.7 Å². The Bertz CT molecular complexity index is 656. The summed E-state index contributed by atoms with van der Waals surface area (Å²) in [7, 11) is 0. The molecule has 0 radical (unpaired) electrons. The highest BCUT2D eigenvalue weighted by atomic mass is 19.1. The van der Waals surface area contributed by atoms with Crippen LogP contribution in [0, 0.1) is 19.7 Å². The Morgan fingerprint density at radius 1 is 1.35 bits per heavy atom. The Morgan fingerprint density at radius 3 is 2.80 bits per heavy atom. The van der Waals surface area contributed by atoms with Crippen LogP contribution in [0.5, 0.6) is 0 Å². The van der Waals surface area contributed by atoms with Crippen LogP contribution in [-0.2, 0) is 11.3 Å². The molecule has 1 aromatic heterocycles. The number of hydrogen-bond donors (Lipinski definition) is 1. The molecule has 0 saturated heterocycles. The predicted molar refractivity (Wildman–Crippen MR) is 73.6 cm³/mol. The maximum Gasteiger partial charge on any atom is 0.340 e. The third-order valence-electron chi connectivity index (χ3n) is 2.99. The highest BCUT2D eigenvalue weighted by molar-refractivity contribution is 5.91. The van der Waals surface area contributed by atoms with Gasteiger partial charge in [0.05, 0.1) is 23.1 Å². The smallest absolute Gasteiger partial charge is 0.340 e. The van der Waals surface area contributed by atoms with E-state index in [4.69, 9.17) is 10.5 Å². The maximum atomic E-state index is 13.0. The molecule has 0 unspecified atom stereocenters. The van der Waals surface area contributed by atoms with E-state index in [0.717, 1.165) is 11.1 Å². The molecule has 4 nitrogen and oxygen atoms in total. The second-order valence-electron chi connectivity index (χ2n) is 4.55. The van der Waals surface area contributed by atoms with E-state index in [2.05, 4.69) is 4.98 Å². The van der Waals surface area contributed by atoms with Gasteiger partial charge < -0.3 is 10.5 Å². The lowest BCUT2D eigenvalue weighted by atomic mass is 10.1. The minimum Gasteiger partial charge on any atom is -0.457 e. The summed E-state index contributed by atoms with van der Waals surface area (Å²) < 4.78 is 18.2. The van der Waals surface area contributed by atoms with Crippen molar-refractivity contribution in [3.63, 3.8) is 0 Å². The van der Waals surface area contributed by atoms with Gasteiger partial charge in [-0.3, -0.25) is 4.98 Å². The fourth-order valence-electron chi connectivity index (χ4n) is 1.80. The minimum absolute atomic E-state index is 0.0825. The highest BCUT2D eigenvalue weighted by Gasteiger charge is 2.13. The molecule has 0 atom stereocenters.